The fourth-order valence-corrected chi connectivity index (χ4v) is 4.68. The molecule has 1 aliphatic heterocycles. The van der Waals surface area contributed by atoms with E-state index in [1.807, 2.05) is 31.9 Å². The summed E-state index contributed by atoms with van der Waals surface area (Å²) in [5.74, 6) is 0.870. The van der Waals surface area contributed by atoms with E-state index in [4.69, 9.17) is 4.74 Å². The summed E-state index contributed by atoms with van der Waals surface area (Å²) < 4.78 is 5.36. The molecule has 0 unspecified atom stereocenters. The summed E-state index contributed by atoms with van der Waals surface area (Å²) in [4.78, 5) is 22.1. The van der Waals surface area contributed by atoms with Gasteiger partial charge in [0.05, 0.1) is 11.8 Å². The van der Waals surface area contributed by atoms with Crippen molar-refractivity contribution in [2.75, 3.05) is 13.1 Å². The van der Waals surface area contributed by atoms with Crippen molar-refractivity contribution in [3.8, 4) is 11.3 Å². The van der Waals surface area contributed by atoms with Crippen molar-refractivity contribution in [2.45, 2.75) is 65.4 Å². The molecule has 1 saturated heterocycles. The molecule has 0 bridgehead atoms. The van der Waals surface area contributed by atoms with Gasteiger partial charge in [0.15, 0.2) is 0 Å². The summed E-state index contributed by atoms with van der Waals surface area (Å²) in [6, 6.07) is 11.1. The monoisotopic (exact) mass is 419 g/mol. The van der Waals surface area contributed by atoms with Gasteiger partial charge in [-0.25, -0.2) is 4.79 Å². The number of likely N-dealkylation sites (tertiary alicyclic amines) is 1. The van der Waals surface area contributed by atoms with Gasteiger partial charge in [0.25, 0.3) is 0 Å². The smallest absolute Gasteiger partial charge is 0.410 e. The van der Waals surface area contributed by atoms with Crippen molar-refractivity contribution < 1.29 is 9.53 Å². The molecule has 0 atom stereocenters. The van der Waals surface area contributed by atoms with Gasteiger partial charge < -0.3 is 14.6 Å². The van der Waals surface area contributed by atoms with Crippen molar-refractivity contribution in [2.24, 2.45) is 0 Å². The van der Waals surface area contributed by atoms with Gasteiger partial charge in [0.1, 0.15) is 0 Å². The van der Waals surface area contributed by atoms with E-state index >= 15 is 0 Å². The lowest BCUT2D eigenvalue weighted by Crippen LogP contribution is -2.39. The first-order valence-electron chi connectivity index (χ1n) is 11.4. The summed E-state index contributed by atoms with van der Waals surface area (Å²) in [6.07, 6.45) is 3.56. The molecule has 2 aromatic heterocycles. The molecular formula is C26H33N3O2. The minimum Gasteiger partial charge on any atom is -0.447 e. The molecule has 4 rings (SSSR count). The Hall–Kier alpha value is -2.82. The van der Waals surface area contributed by atoms with Crippen molar-refractivity contribution in [1.82, 2.24) is 14.9 Å². The minimum atomic E-state index is -0.186. The molecule has 5 heteroatoms. The molecule has 3 heterocycles. The maximum Gasteiger partial charge on any atom is 0.410 e. The highest BCUT2D eigenvalue weighted by Crippen LogP contribution is 2.38. The average molecular weight is 420 g/mol. The van der Waals surface area contributed by atoms with Crippen LogP contribution in [0.15, 0.2) is 36.5 Å². The van der Waals surface area contributed by atoms with Crippen molar-refractivity contribution >= 4 is 17.0 Å². The van der Waals surface area contributed by atoms with Crippen LogP contribution in [0.4, 0.5) is 4.79 Å². The van der Waals surface area contributed by atoms with E-state index in [1.165, 1.54) is 33.3 Å². The van der Waals surface area contributed by atoms with Gasteiger partial charge in [-0.2, -0.15) is 0 Å². The first-order valence-corrected chi connectivity index (χ1v) is 11.4. The van der Waals surface area contributed by atoms with E-state index in [0.29, 0.717) is 11.8 Å². The van der Waals surface area contributed by atoms with Gasteiger partial charge in [0.2, 0.25) is 0 Å². The summed E-state index contributed by atoms with van der Waals surface area (Å²) in [5, 5.41) is 1.30. The third-order valence-corrected chi connectivity index (χ3v) is 6.19. The first kappa shape index (κ1) is 21.4. The minimum absolute atomic E-state index is 0.0749. The van der Waals surface area contributed by atoms with Crippen molar-refractivity contribution in [3.63, 3.8) is 0 Å². The molecule has 1 aliphatic rings. The second-order valence-corrected chi connectivity index (χ2v) is 9.25. The van der Waals surface area contributed by atoms with Crippen LogP contribution in [0, 0.1) is 6.92 Å². The Labute approximate surface area is 184 Å². The zero-order valence-electron chi connectivity index (χ0n) is 19.2. The lowest BCUT2D eigenvalue weighted by molar-refractivity contribution is 0.0692. The van der Waals surface area contributed by atoms with Crippen LogP contribution in [0.1, 0.15) is 69.2 Å². The number of nitrogens with one attached hydrogen (secondary N) is 1. The Morgan fingerprint density at radius 2 is 1.87 bits per heavy atom. The van der Waals surface area contributed by atoms with Crippen molar-refractivity contribution in [1.29, 1.82) is 0 Å². The quantitative estimate of drug-likeness (QED) is 0.533. The van der Waals surface area contributed by atoms with Gasteiger partial charge in [-0.1, -0.05) is 19.9 Å². The van der Waals surface area contributed by atoms with Crippen LogP contribution in [0.2, 0.25) is 0 Å². The maximum absolute atomic E-state index is 12.2. The Kier molecular flexibility index (Phi) is 6.03. The van der Waals surface area contributed by atoms with Crippen LogP contribution >= 0.6 is 0 Å². The van der Waals surface area contributed by atoms with Crippen LogP contribution in [0.3, 0.4) is 0 Å². The predicted molar refractivity (Wildman–Crippen MR) is 126 cm³/mol. The second kappa shape index (κ2) is 8.74. The fraction of sp³-hybridized carbons (Fsp3) is 0.462. The number of pyridine rings is 1. The topological polar surface area (TPSA) is 58.2 Å². The highest BCUT2D eigenvalue weighted by atomic mass is 16.6. The normalized spacial score (nSPS) is 15.3. The van der Waals surface area contributed by atoms with Gasteiger partial charge in [-0.05, 0) is 80.8 Å². The number of piperidine rings is 1. The number of carbonyl (C=O) groups is 1. The molecule has 0 saturated carbocycles. The number of amides is 1. The third kappa shape index (κ3) is 4.46. The molecule has 1 aromatic carbocycles. The second-order valence-electron chi connectivity index (χ2n) is 9.25. The third-order valence-electron chi connectivity index (χ3n) is 6.19. The number of fused-ring (bicyclic) bond motifs is 1. The molecule has 0 spiro atoms. The van der Waals surface area contributed by atoms with Crippen LogP contribution < -0.4 is 0 Å². The molecule has 31 heavy (non-hydrogen) atoms. The van der Waals surface area contributed by atoms with Gasteiger partial charge in [-0.3, -0.25) is 4.98 Å². The lowest BCUT2D eigenvalue weighted by Gasteiger charge is -2.32. The molecule has 5 nitrogen and oxygen atoms in total. The highest BCUT2D eigenvalue weighted by molar-refractivity contribution is 5.92. The Bertz CT molecular complexity index is 1080. The summed E-state index contributed by atoms with van der Waals surface area (Å²) in [7, 11) is 0. The molecule has 1 fully saturated rings. The molecule has 164 valence electrons. The van der Waals surface area contributed by atoms with E-state index in [1.54, 1.807) is 0 Å². The molecular weight excluding hydrogens is 386 g/mol. The number of ether oxygens (including phenoxy) is 1. The number of carbonyl (C=O) groups excluding carboxylic acids is 1. The average Bonchev–Trinajstić information content (AvgIpc) is 3.12. The predicted octanol–water partition coefficient (Wildman–Crippen LogP) is 6.39. The molecule has 0 radical (unpaired) electrons. The number of aromatic amines is 1. The Morgan fingerprint density at radius 1 is 1.13 bits per heavy atom. The van der Waals surface area contributed by atoms with E-state index in [9.17, 15) is 4.79 Å². The van der Waals surface area contributed by atoms with Crippen LogP contribution in [-0.2, 0) is 4.74 Å². The zero-order chi connectivity index (χ0) is 22.1. The standard InChI is InChI=1S/C26H33N3O2/c1-16(2)24-22-15-20(19-9-12-29(13-10-19)26(30)31-17(3)4)6-7-23(22)28-25(24)21-8-11-27-18(5)14-21/h6-8,11,14-17,19,28H,9-10,12-13H2,1-5H3. The van der Waals surface area contributed by atoms with Crippen LogP contribution in [0.25, 0.3) is 22.2 Å². The van der Waals surface area contributed by atoms with Crippen molar-refractivity contribution in [3.05, 3.63) is 53.3 Å². The molecule has 3 aromatic rings. The number of benzene rings is 1. The van der Waals surface area contributed by atoms with Crippen LogP contribution in [0.5, 0.6) is 0 Å². The van der Waals surface area contributed by atoms with E-state index in [0.717, 1.165) is 31.6 Å². The first-order chi connectivity index (χ1) is 14.8. The summed E-state index contributed by atoms with van der Waals surface area (Å²) in [5.41, 5.74) is 7.30. The van der Waals surface area contributed by atoms with E-state index in [-0.39, 0.29) is 12.2 Å². The summed E-state index contributed by atoms with van der Waals surface area (Å²) >= 11 is 0. The number of hydrogen-bond acceptors (Lipinski definition) is 3. The molecule has 0 aliphatic carbocycles. The SMILES string of the molecule is Cc1cc(-c2[nH]c3ccc(C4CCN(C(=O)OC(C)C)CC4)cc3c2C(C)C)ccn1. The molecule has 1 N–H and O–H groups in total. The Balaban J connectivity index is 1.61. The lowest BCUT2D eigenvalue weighted by atomic mass is 9.87. The van der Waals surface area contributed by atoms with Gasteiger partial charge >= 0.3 is 6.09 Å². The number of aromatic nitrogens is 2. The largest absolute Gasteiger partial charge is 0.447 e. The van der Waals surface area contributed by atoms with E-state index < -0.39 is 0 Å². The van der Waals surface area contributed by atoms with E-state index in [2.05, 4.69) is 54.1 Å². The number of aryl methyl sites for hydroxylation is 1. The van der Waals surface area contributed by atoms with Gasteiger partial charge in [0, 0.05) is 41.4 Å². The number of H-pyrrole nitrogens is 1. The number of hydrogen-bond donors (Lipinski definition) is 1. The maximum atomic E-state index is 12.2. The fourth-order valence-electron chi connectivity index (χ4n) is 4.68. The Morgan fingerprint density at radius 3 is 2.52 bits per heavy atom. The van der Waals surface area contributed by atoms with Gasteiger partial charge in [-0.15, -0.1) is 0 Å². The highest BCUT2D eigenvalue weighted by Gasteiger charge is 2.26. The summed E-state index contributed by atoms with van der Waals surface area (Å²) in [6.45, 7) is 11.8. The van der Waals surface area contributed by atoms with Crippen LogP contribution in [-0.4, -0.2) is 40.2 Å². The zero-order valence-corrected chi connectivity index (χ0v) is 19.2. The number of rotatable bonds is 4. The molecule has 1 amide bonds. The number of nitrogens with zero attached hydrogens (tertiary/aromatic N) is 2.